The van der Waals surface area contributed by atoms with Crippen LogP contribution in [-0.4, -0.2) is 0 Å². The normalized spacial score (nSPS) is 8.86. The Kier molecular flexibility index (Phi) is 14.4. The smallest absolute Gasteiger partial charge is 0 e. The van der Waals surface area contributed by atoms with Crippen LogP contribution in [0.3, 0.4) is 0 Å². The summed E-state index contributed by atoms with van der Waals surface area (Å²) in [6.07, 6.45) is 4.36. The van der Waals surface area contributed by atoms with E-state index in [2.05, 4.69) is 74.5 Å². The van der Waals surface area contributed by atoms with Gasteiger partial charge in [0.05, 0.1) is 0 Å². The van der Waals surface area contributed by atoms with E-state index in [9.17, 15) is 0 Å². The minimum Gasteiger partial charge on any atom is -0.0683 e. The fraction of sp³-hybridized carbons (Fsp3) is 0.300. The molecular weight excluding hydrogens is 291 g/mol. The third-order valence-electron chi connectivity index (χ3n) is 2.82. The quantitative estimate of drug-likeness (QED) is 0.552. The van der Waals surface area contributed by atoms with E-state index in [1.807, 2.05) is 27.7 Å². The summed E-state index contributed by atoms with van der Waals surface area (Å²) in [5.74, 6) is 0. The number of aryl methyl sites for hydroxylation is 2. The molecule has 0 heterocycles. The van der Waals surface area contributed by atoms with Gasteiger partial charge in [0.1, 0.15) is 0 Å². The fourth-order valence-corrected chi connectivity index (χ4v) is 1.73. The first-order valence-electron chi connectivity index (χ1n) is 7.57. The molecule has 0 aliphatic carbocycles. The molecule has 0 saturated carbocycles. The maximum Gasteiger partial charge on any atom is 0 e. The van der Waals surface area contributed by atoms with Crippen LogP contribution in [0.25, 0.3) is 12.2 Å². The van der Waals surface area contributed by atoms with Crippen molar-refractivity contribution in [3.8, 4) is 0 Å². The standard InChI is InChI=1S/C16H16.2C2H6.V/c1-13-7-3-5-9-15(13)11-12-16-10-6-4-8-14(16)2;2*1-2;/h3-12H,1-2H3;2*1-2H3;/b12-11+;;;. The summed E-state index contributed by atoms with van der Waals surface area (Å²) in [5.41, 5.74) is 5.19. The van der Waals surface area contributed by atoms with Crippen LogP contribution in [0.5, 0.6) is 0 Å². The molecule has 0 fully saturated rings. The average Bonchev–Trinajstić information content (AvgIpc) is 2.52. The van der Waals surface area contributed by atoms with Crippen molar-refractivity contribution >= 4 is 12.2 Å². The molecule has 2 aromatic carbocycles. The Balaban J connectivity index is 0. The first kappa shape index (κ1) is 22.1. The fourth-order valence-electron chi connectivity index (χ4n) is 1.73. The van der Waals surface area contributed by atoms with Crippen molar-refractivity contribution in [2.75, 3.05) is 0 Å². The molecule has 2 rings (SSSR count). The molecule has 0 bridgehead atoms. The van der Waals surface area contributed by atoms with Crippen molar-refractivity contribution in [2.24, 2.45) is 0 Å². The molecule has 0 atom stereocenters. The summed E-state index contributed by atoms with van der Waals surface area (Å²) >= 11 is 0. The van der Waals surface area contributed by atoms with Gasteiger partial charge in [-0.3, -0.25) is 0 Å². The van der Waals surface area contributed by atoms with Crippen LogP contribution in [0.15, 0.2) is 48.5 Å². The number of hydrogen-bond donors (Lipinski definition) is 0. The summed E-state index contributed by atoms with van der Waals surface area (Å²) in [6, 6.07) is 16.8. The van der Waals surface area contributed by atoms with Crippen LogP contribution >= 0.6 is 0 Å². The molecule has 0 N–H and O–H groups in total. The maximum absolute atomic E-state index is 2.18. The van der Waals surface area contributed by atoms with Gasteiger partial charge in [-0.2, -0.15) is 0 Å². The molecule has 0 aliphatic heterocycles. The van der Waals surface area contributed by atoms with Crippen molar-refractivity contribution in [3.63, 3.8) is 0 Å². The largest absolute Gasteiger partial charge is 0.0683 e. The second-order valence-corrected chi connectivity index (χ2v) is 4.05. The molecular formula is C20H28V. The van der Waals surface area contributed by atoms with Crippen molar-refractivity contribution in [1.82, 2.24) is 0 Å². The van der Waals surface area contributed by atoms with Crippen LogP contribution in [0.2, 0.25) is 0 Å². The molecule has 0 spiro atoms. The predicted molar refractivity (Wildman–Crippen MR) is 94.0 cm³/mol. The van der Waals surface area contributed by atoms with Gasteiger partial charge in [-0.1, -0.05) is 88.4 Å². The van der Waals surface area contributed by atoms with Crippen molar-refractivity contribution in [3.05, 3.63) is 70.8 Å². The Bertz CT molecular complexity index is 465. The molecule has 0 aliphatic rings. The monoisotopic (exact) mass is 319 g/mol. The Labute approximate surface area is 143 Å². The third-order valence-corrected chi connectivity index (χ3v) is 2.82. The number of benzene rings is 2. The van der Waals surface area contributed by atoms with Crippen molar-refractivity contribution in [1.29, 1.82) is 0 Å². The Hall–Kier alpha value is -1.24. The van der Waals surface area contributed by atoms with Gasteiger partial charge in [0.2, 0.25) is 0 Å². The van der Waals surface area contributed by atoms with Crippen LogP contribution in [0, 0.1) is 13.8 Å². The molecule has 0 saturated heterocycles. The van der Waals surface area contributed by atoms with Crippen LogP contribution in [0.1, 0.15) is 49.9 Å². The van der Waals surface area contributed by atoms with Crippen LogP contribution < -0.4 is 0 Å². The van der Waals surface area contributed by atoms with Gasteiger partial charge in [0.15, 0.2) is 0 Å². The second-order valence-electron chi connectivity index (χ2n) is 4.05. The third kappa shape index (κ3) is 7.94. The van der Waals surface area contributed by atoms with Gasteiger partial charge in [-0.25, -0.2) is 0 Å². The minimum absolute atomic E-state index is 0. The van der Waals surface area contributed by atoms with E-state index in [1.165, 1.54) is 22.3 Å². The first-order chi connectivity index (χ1) is 9.77. The van der Waals surface area contributed by atoms with E-state index >= 15 is 0 Å². The molecule has 0 unspecified atom stereocenters. The zero-order valence-corrected chi connectivity index (χ0v) is 15.6. The molecule has 113 valence electrons. The molecule has 0 nitrogen and oxygen atoms in total. The molecule has 1 heteroatoms. The summed E-state index contributed by atoms with van der Waals surface area (Å²) < 4.78 is 0. The van der Waals surface area contributed by atoms with E-state index < -0.39 is 0 Å². The van der Waals surface area contributed by atoms with E-state index in [-0.39, 0.29) is 18.6 Å². The van der Waals surface area contributed by atoms with Gasteiger partial charge in [-0.05, 0) is 36.1 Å². The number of rotatable bonds is 2. The Morgan fingerprint density at radius 3 is 1.14 bits per heavy atom. The van der Waals surface area contributed by atoms with Gasteiger partial charge in [0, 0.05) is 18.6 Å². The van der Waals surface area contributed by atoms with Gasteiger partial charge >= 0.3 is 0 Å². The Morgan fingerprint density at radius 1 is 0.571 bits per heavy atom. The molecule has 1 radical (unpaired) electrons. The van der Waals surface area contributed by atoms with Crippen LogP contribution in [-0.2, 0) is 18.6 Å². The topological polar surface area (TPSA) is 0 Å². The van der Waals surface area contributed by atoms with Gasteiger partial charge in [-0.15, -0.1) is 0 Å². The van der Waals surface area contributed by atoms with Crippen LogP contribution in [0.4, 0.5) is 0 Å². The zero-order chi connectivity index (χ0) is 15.4. The summed E-state index contributed by atoms with van der Waals surface area (Å²) in [5, 5.41) is 0. The predicted octanol–water partition coefficient (Wildman–Crippen LogP) is 6.52. The Morgan fingerprint density at radius 2 is 0.857 bits per heavy atom. The maximum atomic E-state index is 2.18. The summed E-state index contributed by atoms with van der Waals surface area (Å²) in [4.78, 5) is 0. The van der Waals surface area contributed by atoms with E-state index in [4.69, 9.17) is 0 Å². The van der Waals surface area contributed by atoms with Gasteiger partial charge < -0.3 is 0 Å². The van der Waals surface area contributed by atoms with Gasteiger partial charge in [0.25, 0.3) is 0 Å². The minimum atomic E-state index is 0. The summed E-state index contributed by atoms with van der Waals surface area (Å²) in [7, 11) is 0. The van der Waals surface area contributed by atoms with E-state index in [0.29, 0.717) is 0 Å². The van der Waals surface area contributed by atoms with Crippen molar-refractivity contribution in [2.45, 2.75) is 41.5 Å². The first-order valence-corrected chi connectivity index (χ1v) is 7.57. The molecule has 21 heavy (non-hydrogen) atoms. The molecule has 0 amide bonds. The SMILES string of the molecule is CC.CC.Cc1ccccc1/C=C/c1ccccc1C.[V]. The van der Waals surface area contributed by atoms with Crippen molar-refractivity contribution < 1.29 is 18.6 Å². The molecule has 0 aromatic heterocycles. The second kappa shape index (κ2) is 13.7. The molecule has 2 aromatic rings. The number of hydrogen-bond acceptors (Lipinski definition) is 0. The van der Waals surface area contributed by atoms with E-state index in [0.717, 1.165) is 0 Å². The van der Waals surface area contributed by atoms with E-state index in [1.54, 1.807) is 0 Å². The average molecular weight is 319 g/mol. The zero-order valence-electron chi connectivity index (χ0n) is 14.2. The summed E-state index contributed by atoms with van der Waals surface area (Å²) in [6.45, 7) is 12.3.